The number of aromatic nitrogens is 2. The van der Waals surface area contributed by atoms with Gasteiger partial charge in [0.2, 0.25) is 0 Å². The Morgan fingerprint density at radius 2 is 2.04 bits per heavy atom. The van der Waals surface area contributed by atoms with Crippen LogP contribution in [-0.2, 0) is 0 Å². The van der Waals surface area contributed by atoms with Crippen LogP contribution < -0.4 is 4.90 Å². The van der Waals surface area contributed by atoms with Gasteiger partial charge in [-0.25, -0.2) is 4.39 Å². The molecule has 0 unspecified atom stereocenters. The van der Waals surface area contributed by atoms with Crippen molar-refractivity contribution in [2.75, 3.05) is 25.2 Å². The van der Waals surface area contributed by atoms with E-state index in [9.17, 15) is 4.39 Å². The summed E-state index contributed by atoms with van der Waals surface area (Å²) in [6, 6.07) is 14.2. The van der Waals surface area contributed by atoms with Gasteiger partial charge in [0.25, 0.3) is 0 Å². The average molecular weight is 309 g/mol. The molecule has 118 valence electrons. The molecule has 0 bridgehead atoms. The third-order valence-electron chi connectivity index (χ3n) is 3.97. The molecule has 0 aliphatic carbocycles. The van der Waals surface area contributed by atoms with Gasteiger partial charge in [-0.2, -0.15) is 0 Å². The number of benzene rings is 1. The molecule has 3 rings (SSSR count). The van der Waals surface area contributed by atoms with Gasteiger partial charge in [0.05, 0.1) is 11.0 Å². The zero-order chi connectivity index (χ0) is 16.2. The summed E-state index contributed by atoms with van der Waals surface area (Å²) in [6.07, 6.45) is 3.91. The molecule has 2 heterocycles. The summed E-state index contributed by atoms with van der Waals surface area (Å²) in [4.78, 5) is 9.60. The second-order valence-electron chi connectivity index (χ2n) is 5.65. The molecule has 1 N–H and O–H groups in total. The lowest BCUT2D eigenvalue weighted by Crippen LogP contribution is -2.19. The molecule has 2 aromatic heterocycles. The number of hydrogen-bond donors (Lipinski definition) is 1. The minimum atomic E-state index is -0.342. The van der Waals surface area contributed by atoms with Gasteiger partial charge in [0.15, 0.2) is 0 Å². The van der Waals surface area contributed by atoms with Crippen LogP contribution in [0.25, 0.3) is 22.7 Å². The summed E-state index contributed by atoms with van der Waals surface area (Å²) in [7, 11) is 1.90. The highest BCUT2D eigenvalue weighted by molar-refractivity contribution is 5.85. The first-order chi connectivity index (χ1) is 11.2. The van der Waals surface area contributed by atoms with Crippen LogP contribution in [0.2, 0.25) is 0 Å². The number of fused-ring (bicyclic) bond motifs is 1. The van der Waals surface area contributed by atoms with E-state index in [0.717, 1.165) is 33.6 Å². The molecule has 0 saturated heterocycles. The minimum absolute atomic E-state index is 0.342. The number of allylic oxidation sites excluding steroid dienone is 1. The van der Waals surface area contributed by atoms with E-state index in [1.807, 2.05) is 42.3 Å². The van der Waals surface area contributed by atoms with E-state index in [1.54, 1.807) is 6.20 Å². The molecule has 0 atom stereocenters. The van der Waals surface area contributed by atoms with Crippen molar-refractivity contribution in [3.8, 4) is 0 Å². The number of halogens is 1. The Labute approximate surface area is 135 Å². The lowest BCUT2D eigenvalue weighted by atomic mass is 10.1. The molecule has 0 aliphatic rings. The monoisotopic (exact) mass is 309 g/mol. The largest absolute Gasteiger partial charge is 0.372 e. The van der Waals surface area contributed by atoms with Crippen LogP contribution in [0.4, 0.5) is 10.1 Å². The summed E-state index contributed by atoms with van der Waals surface area (Å²) in [5.41, 5.74) is 6.37. The van der Waals surface area contributed by atoms with Crippen LogP contribution in [-0.4, -0.2) is 30.2 Å². The predicted octanol–water partition coefficient (Wildman–Crippen LogP) is 4.53. The number of pyridine rings is 1. The van der Waals surface area contributed by atoms with Crippen LogP contribution in [0.1, 0.15) is 18.2 Å². The minimum Gasteiger partial charge on any atom is -0.372 e. The maximum atomic E-state index is 12.4. The van der Waals surface area contributed by atoms with Crippen molar-refractivity contribution in [1.82, 2.24) is 9.97 Å². The van der Waals surface area contributed by atoms with E-state index >= 15 is 0 Å². The fourth-order valence-corrected chi connectivity index (χ4v) is 2.61. The highest BCUT2D eigenvalue weighted by Gasteiger charge is 2.03. The fourth-order valence-electron chi connectivity index (χ4n) is 2.61. The van der Waals surface area contributed by atoms with Gasteiger partial charge in [0.1, 0.15) is 6.67 Å². The van der Waals surface area contributed by atoms with Gasteiger partial charge in [-0.1, -0.05) is 12.1 Å². The standard InChI is InChI=1S/C19H20FN3/c1-14(12-16-13-19-18(22-16)4-3-10-21-19)15-5-7-17(8-6-15)23(2)11-9-20/h3-8,10,12-13,22H,9,11H2,1-2H3/b14-12-. The molecule has 0 radical (unpaired) electrons. The molecular formula is C19H20FN3. The zero-order valence-electron chi connectivity index (χ0n) is 13.4. The predicted molar refractivity (Wildman–Crippen MR) is 95.3 cm³/mol. The van der Waals surface area contributed by atoms with E-state index < -0.39 is 0 Å². The topological polar surface area (TPSA) is 31.9 Å². The average Bonchev–Trinajstić information content (AvgIpc) is 2.97. The van der Waals surface area contributed by atoms with Crippen LogP contribution >= 0.6 is 0 Å². The Balaban J connectivity index is 1.82. The molecule has 0 fully saturated rings. The van der Waals surface area contributed by atoms with E-state index in [4.69, 9.17) is 0 Å². The van der Waals surface area contributed by atoms with Crippen molar-refractivity contribution in [2.24, 2.45) is 0 Å². The Kier molecular flexibility index (Phi) is 4.42. The first-order valence-corrected chi connectivity index (χ1v) is 7.67. The van der Waals surface area contributed by atoms with Gasteiger partial charge in [-0.3, -0.25) is 4.98 Å². The van der Waals surface area contributed by atoms with Gasteiger partial charge < -0.3 is 9.88 Å². The third kappa shape index (κ3) is 3.42. The molecule has 0 aliphatic heterocycles. The highest BCUT2D eigenvalue weighted by Crippen LogP contribution is 2.22. The fraction of sp³-hybridized carbons (Fsp3) is 0.211. The van der Waals surface area contributed by atoms with Crippen molar-refractivity contribution in [3.63, 3.8) is 0 Å². The lowest BCUT2D eigenvalue weighted by Gasteiger charge is -2.17. The van der Waals surface area contributed by atoms with Crippen LogP contribution in [0.3, 0.4) is 0 Å². The van der Waals surface area contributed by atoms with E-state index in [2.05, 4.69) is 35.1 Å². The molecule has 0 saturated carbocycles. The maximum absolute atomic E-state index is 12.4. The first-order valence-electron chi connectivity index (χ1n) is 7.67. The Morgan fingerprint density at radius 3 is 2.74 bits per heavy atom. The quantitative estimate of drug-likeness (QED) is 0.751. The van der Waals surface area contributed by atoms with E-state index in [0.29, 0.717) is 6.54 Å². The Morgan fingerprint density at radius 1 is 1.26 bits per heavy atom. The number of alkyl halides is 1. The van der Waals surface area contributed by atoms with Crippen molar-refractivity contribution in [3.05, 3.63) is 59.9 Å². The summed E-state index contributed by atoms with van der Waals surface area (Å²) >= 11 is 0. The second-order valence-corrected chi connectivity index (χ2v) is 5.65. The number of anilines is 1. The van der Waals surface area contributed by atoms with Crippen molar-refractivity contribution in [2.45, 2.75) is 6.92 Å². The van der Waals surface area contributed by atoms with Crippen LogP contribution in [0.5, 0.6) is 0 Å². The molecule has 1 aromatic carbocycles. The Bertz CT molecular complexity index is 785. The Hall–Kier alpha value is -2.62. The molecule has 23 heavy (non-hydrogen) atoms. The maximum Gasteiger partial charge on any atom is 0.107 e. The van der Waals surface area contributed by atoms with Gasteiger partial charge in [-0.15, -0.1) is 0 Å². The van der Waals surface area contributed by atoms with Gasteiger partial charge >= 0.3 is 0 Å². The van der Waals surface area contributed by atoms with Gasteiger partial charge in [0, 0.05) is 31.2 Å². The van der Waals surface area contributed by atoms with Crippen molar-refractivity contribution in [1.29, 1.82) is 0 Å². The number of nitrogens with one attached hydrogen (secondary N) is 1. The third-order valence-corrected chi connectivity index (χ3v) is 3.97. The molecule has 0 spiro atoms. The normalized spacial score (nSPS) is 11.9. The number of aromatic amines is 1. The highest BCUT2D eigenvalue weighted by atomic mass is 19.1. The first kappa shape index (κ1) is 15.3. The molecular weight excluding hydrogens is 289 g/mol. The molecule has 3 nitrogen and oxygen atoms in total. The summed E-state index contributed by atoms with van der Waals surface area (Å²) in [5.74, 6) is 0. The van der Waals surface area contributed by atoms with Crippen molar-refractivity contribution >= 4 is 28.4 Å². The SMILES string of the molecule is C/C(=C/c1cc2ncccc2[nH]1)c1ccc(N(C)CCF)cc1. The van der Waals surface area contributed by atoms with Crippen LogP contribution in [0.15, 0.2) is 48.7 Å². The molecule has 3 aromatic rings. The number of hydrogen-bond acceptors (Lipinski definition) is 2. The number of nitrogens with zero attached hydrogens (tertiary/aromatic N) is 2. The number of H-pyrrole nitrogens is 1. The smallest absolute Gasteiger partial charge is 0.107 e. The lowest BCUT2D eigenvalue weighted by molar-refractivity contribution is 0.497. The number of rotatable bonds is 5. The van der Waals surface area contributed by atoms with Crippen molar-refractivity contribution < 1.29 is 4.39 Å². The summed E-state index contributed by atoms with van der Waals surface area (Å²) in [6.45, 7) is 2.15. The van der Waals surface area contributed by atoms with Gasteiger partial charge in [-0.05, 0) is 54.5 Å². The van der Waals surface area contributed by atoms with E-state index in [-0.39, 0.29) is 6.67 Å². The second kappa shape index (κ2) is 6.65. The molecule has 0 amide bonds. The molecule has 4 heteroatoms. The summed E-state index contributed by atoms with van der Waals surface area (Å²) in [5, 5.41) is 0. The van der Waals surface area contributed by atoms with Crippen LogP contribution in [0, 0.1) is 0 Å². The summed E-state index contributed by atoms with van der Waals surface area (Å²) < 4.78 is 12.4. The van der Waals surface area contributed by atoms with E-state index in [1.165, 1.54) is 0 Å². The zero-order valence-corrected chi connectivity index (χ0v) is 13.4.